The first-order chi connectivity index (χ1) is 24.1. The molecule has 0 saturated heterocycles. The zero-order valence-electron chi connectivity index (χ0n) is 29.2. The largest absolute Gasteiger partial charge is 0.478 e. The van der Waals surface area contributed by atoms with Crippen LogP contribution < -0.4 is 11.1 Å². The number of aryl methyl sites for hydroxylation is 2. The molecule has 0 saturated carbocycles. The number of thioether (sulfide) groups is 1. The van der Waals surface area contributed by atoms with Gasteiger partial charge in [-0.15, -0.1) is 0 Å². The van der Waals surface area contributed by atoms with Crippen LogP contribution in [0.25, 0.3) is 22.2 Å². The zero-order valence-corrected chi connectivity index (χ0v) is 30.0. The van der Waals surface area contributed by atoms with Gasteiger partial charge in [0.1, 0.15) is 5.82 Å². The van der Waals surface area contributed by atoms with Crippen molar-refractivity contribution in [3.63, 3.8) is 0 Å². The van der Waals surface area contributed by atoms with Crippen molar-refractivity contribution < 1.29 is 19.5 Å². The molecule has 2 unspecified atom stereocenters. The summed E-state index contributed by atoms with van der Waals surface area (Å²) in [5, 5.41) is 12.8. The summed E-state index contributed by atoms with van der Waals surface area (Å²) < 4.78 is 2.18. The van der Waals surface area contributed by atoms with Gasteiger partial charge in [-0.25, -0.2) is 9.78 Å². The molecule has 9 heteroatoms. The van der Waals surface area contributed by atoms with Gasteiger partial charge in [-0.1, -0.05) is 112 Å². The molecule has 8 nitrogen and oxygen atoms in total. The topological polar surface area (TPSA) is 127 Å². The standard InChI is InChI=1S/C41H46N4O4S/c1-5-12-36-44-38-27(4)21-31(39(46)43-32(22-28-13-8-7-9-14-28)25-50-41(49)37(42)26(3)6-2)23-35(38)45(36)24-29-17-19-30(20-18-29)33-15-10-11-16-34(33)40(47)48/h7-11,13-21,23,26,32,37H,5-6,12,22,24-25,42H2,1-4H3,(H,43,46)(H,47,48)/t26?,32-,37?/m1/s1. The van der Waals surface area contributed by atoms with E-state index in [2.05, 4.69) is 16.8 Å². The van der Waals surface area contributed by atoms with Gasteiger partial charge >= 0.3 is 5.97 Å². The van der Waals surface area contributed by atoms with E-state index in [-0.39, 0.29) is 28.5 Å². The summed E-state index contributed by atoms with van der Waals surface area (Å²) in [6, 6.07) is 27.8. The fourth-order valence-electron chi connectivity index (χ4n) is 6.14. The van der Waals surface area contributed by atoms with Crippen LogP contribution in [-0.2, 0) is 24.2 Å². The van der Waals surface area contributed by atoms with Crippen molar-refractivity contribution >= 4 is 39.8 Å². The Bertz CT molecular complexity index is 1960. The number of fused-ring (bicyclic) bond motifs is 1. The molecule has 0 bridgehead atoms. The Labute approximate surface area is 298 Å². The second-order valence-corrected chi connectivity index (χ2v) is 14.0. The molecule has 0 radical (unpaired) electrons. The van der Waals surface area contributed by atoms with Crippen molar-refractivity contribution in [2.75, 3.05) is 5.75 Å². The van der Waals surface area contributed by atoms with E-state index in [0.717, 1.165) is 58.4 Å². The molecule has 0 fully saturated rings. The quantitative estimate of drug-likeness (QED) is 0.103. The number of carbonyl (C=O) groups is 3. The van der Waals surface area contributed by atoms with Gasteiger partial charge in [-0.3, -0.25) is 9.59 Å². The number of benzene rings is 4. The van der Waals surface area contributed by atoms with Crippen molar-refractivity contribution in [3.05, 3.63) is 125 Å². The number of amides is 1. The number of imidazole rings is 1. The van der Waals surface area contributed by atoms with Crippen molar-refractivity contribution in [1.82, 2.24) is 14.9 Å². The Morgan fingerprint density at radius 2 is 1.64 bits per heavy atom. The van der Waals surface area contributed by atoms with E-state index in [0.29, 0.717) is 29.8 Å². The number of carboxylic acid groups (broad SMARTS) is 1. The number of carboxylic acids is 1. The molecule has 0 spiro atoms. The maximum absolute atomic E-state index is 13.9. The lowest BCUT2D eigenvalue weighted by molar-refractivity contribution is -0.113. The van der Waals surface area contributed by atoms with Crippen LogP contribution in [0.2, 0.25) is 0 Å². The molecule has 1 aromatic heterocycles. The lowest BCUT2D eigenvalue weighted by Crippen LogP contribution is -2.40. The first-order valence-electron chi connectivity index (χ1n) is 17.3. The third-order valence-corrected chi connectivity index (χ3v) is 10.4. The number of nitrogens with one attached hydrogen (secondary N) is 1. The monoisotopic (exact) mass is 690 g/mol. The Morgan fingerprint density at radius 1 is 0.940 bits per heavy atom. The Morgan fingerprint density at radius 3 is 2.32 bits per heavy atom. The summed E-state index contributed by atoms with van der Waals surface area (Å²) in [5.41, 5.74) is 13.3. The molecule has 3 atom stereocenters. The van der Waals surface area contributed by atoms with Crippen LogP contribution in [0.5, 0.6) is 0 Å². The highest BCUT2D eigenvalue weighted by atomic mass is 32.2. The van der Waals surface area contributed by atoms with Crippen LogP contribution in [-0.4, -0.2) is 49.5 Å². The molecule has 0 aliphatic rings. The lowest BCUT2D eigenvalue weighted by Gasteiger charge is -2.21. The molecule has 4 N–H and O–H groups in total. The van der Waals surface area contributed by atoms with Crippen molar-refractivity contribution in [3.8, 4) is 11.1 Å². The smallest absolute Gasteiger partial charge is 0.336 e. The summed E-state index contributed by atoms with van der Waals surface area (Å²) in [6.45, 7) is 8.65. The minimum atomic E-state index is -0.960. The Hall–Kier alpha value is -4.73. The third kappa shape index (κ3) is 8.70. The Balaban J connectivity index is 1.42. The van der Waals surface area contributed by atoms with E-state index in [1.807, 2.05) is 99.6 Å². The van der Waals surface area contributed by atoms with Crippen LogP contribution in [0.4, 0.5) is 0 Å². The molecule has 5 rings (SSSR count). The van der Waals surface area contributed by atoms with Gasteiger partial charge in [0, 0.05) is 30.3 Å². The number of hydrogen-bond acceptors (Lipinski definition) is 6. The maximum Gasteiger partial charge on any atom is 0.336 e. The van der Waals surface area contributed by atoms with Crippen LogP contribution >= 0.6 is 11.8 Å². The van der Waals surface area contributed by atoms with Crippen LogP contribution in [0.3, 0.4) is 0 Å². The van der Waals surface area contributed by atoms with Crippen molar-refractivity contribution in [2.24, 2.45) is 11.7 Å². The lowest BCUT2D eigenvalue weighted by atomic mass is 9.98. The number of carbonyl (C=O) groups excluding carboxylic acids is 2. The van der Waals surface area contributed by atoms with Crippen molar-refractivity contribution in [1.29, 1.82) is 0 Å². The fraction of sp³-hybridized carbons (Fsp3) is 0.317. The number of aromatic carboxylic acids is 1. The highest BCUT2D eigenvalue weighted by molar-refractivity contribution is 8.13. The zero-order chi connectivity index (χ0) is 35.8. The van der Waals surface area contributed by atoms with E-state index in [1.165, 1.54) is 11.8 Å². The summed E-state index contributed by atoms with van der Waals surface area (Å²) in [6.07, 6.45) is 3.10. The van der Waals surface area contributed by atoms with Gasteiger partial charge in [0.25, 0.3) is 5.91 Å². The highest BCUT2D eigenvalue weighted by Crippen LogP contribution is 2.27. The second kappa shape index (κ2) is 16.8. The number of nitrogens with zero attached hydrogens (tertiary/aromatic N) is 2. The van der Waals surface area contributed by atoms with Gasteiger partial charge in [-0.2, -0.15) is 0 Å². The van der Waals surface area contributed by atoms with Gasteiger partial charge in [-0.05, 0) is 71.7 Å². The predicted molar refractivity (Wildman–Crippen MR) is 203 cm³/mol. The first kappa shape index (κ1) is 36.5. The molecule has 4 aromatic carbocycles. The third-order valence-electron chi connectivity index (χ3n) is 9.24. The van der Waals surface area contributed by atoms with Crippen LogP contribution in [0, 0.1) is 12.8 Å². The molecule has 0 aliphatic carbocycles. The van der Waals surface area contributed by atoms with Gasteiger partial charge < -0.3 is 20.7 Å². The number of aromatic nitrogens is 2. The van der Waals surface area contributed by atoms with Crippen LogP contribution in [0.1, 0.15) is 76.8 Å². The minimum absolute atomic E-state index is 0.0598. The molecule has 260 valence electrons. The normalized spacial score (nSPS) is 13.1. The molecule has 1 heterocycles. The molecule has 50 heavy (non-hydrogen) atoms. The molecular formula is C41H46N4O4S. The van der Waals surface area contributed by atoms with Gasteiger partial charge in [0.05, 0.1) is 22.6 Å². The van der Waals surface area contributed by atoms with E-state index in [9.17, 15) is 19.5 Å². The van der Waals surface area contributed by atoms with E-state index in [1.54, 1.807) is 12.1 Å². The maximum atomic E-state index is 13.9. The number of rotatable bonds is 15. The van der Waals surface area contributed by atoms with E-state index < -0.39 is 12.0 Å². The minimum Gasteiger partial charge on any atom is -0.478 e. The van der Waals surface area contributed by atoms with Crippen LogP contribution in [0.15, 0.2) is 91.0 Å². The molecule has 1 amide bonds. The number of hydrogen-bond donors (Lipinski definition) is 3. The summed E-state index contributed by atoms with van der Waals surface area (Å²) >= 11 is 1.19. The average Bonchev–Trinajstić information content (AvgIpc) is 3.47. The molecular weight excluding hydrogens is 645 g/mol. The number of nitrogens with two attached hydrogens (primary N) is 1. The Kier molecular flexibility index (Phi) is 12.3. The predicted octanol–water partition coefficient (Wildman–Crippen LogP) is 7.69. The summed E-state index contributed by atoms with van der Waals surface area (Å²) in [4.78, 5) is 43.6. The van der Waals surface area contributed by atoms with Crippen molar-refractivity contribution in [2.45, 2.75) is 72.0 Å². The molecule has 0 aliphatic heterocycles. The molecule has 5 aromatic rings. The van der Waals surface area contributed by atoms with Gasteiger partial charge in [0.15, 0.2) is 0 Å². The summed E-state index contributed by atoms with van der Waals surface area (Å²) in [5.74, 6) is 0.273. The van der Waals surface area contributed by atoms with E-state index in [4.69, 9.17) is 10.7 Å². The first-order valence-corrected chi connectivity index (χ1v) is 18.3. The SMILES string of the molecule is CCCc1nc2c(C)cc(C(=O)N[C@@H](CSC(=O)C(N)C(C)CC)Cc3ccccc3)cc2n1Cc1ccc(-c2ccccc2C(=O)O)cc1. The average molecular weight is 691 g/mol. The summed E-state index contributed by atoms with van der Waals surface area (Å²) in [7, 11) is 0. The second-order valence-electron chi connectivity index (χ2n) is 13.0. The van der Waals surface area contributed by atoms with Gasteiger partial charge in [0.2, 0.25) is 5.12 Å². The fourth-order valence-corrected chi connectivity index (χ4v) is 7.13. The van der Waals surface area contributed by atoms with E-state index >= 15 is 0 Å². The highest BCUT2D eigenvalue weighted by Gasteiger charge is 2.24.